The number of aromatic nitrogens is 1. The molecule has 1 heterocycles. The first-order valence-corrected chi connectivity index (χ1v) is 6.78. The summed E-state index contributed by atoms with van der Waals surface area (Å²) in [6.07, 6.45) is 0. The Hall–Kier alpha value is -2.25. The fourth-order valence-corrected chi connectivity index (χ4v) is 2.07. The van der Waals surface area contributed by atoms with Crippen LogP contribution in [0.25, 0.3) is 0 Å². The molecule has 0 spiro atoms. The van der Waals surface area contributed by atoms with E-state index in [-0.39, 0.29) is 22.2 Å². The molecule has 0 aliphatic carbocycles. The molecule has 9 heteroatoms. The molecule has 0 aliphatic rings. The van der Waals surface area contributed by atoms with Crippen molar-refractivity contribution in [3.63, 3.8) is 0 Å². The zero-order chi connectivity index (χ0) is 16.3. The van der Waals surface area contributed by atoms with Crippen molar-refractivity contribution in [3.8, 4) is 0 Å². The van der Waals surface area contributed by atoms with Gasteiger partial charge in [0.2, 0.25) is 5.88 Å². The molecule has 0 fully saturated rings. The van der Waals surface area contributed by atoms with Gasteiger partial charge >= 0.3 is 5.97 Å². The Bertz CT molecular complexity index is 711. The Labute approximate surface area is 135 Å². The van der Waals surface area contributed by atoms with Gasteiger partial charge in [-0.25, -0.2) is 4.79 Å². The number of nitrogens with two attached hydrogens (primary N) is 1. The minimum atomic E-state index is -0.798. The highest BCUT2D eigenvalue weighted by molar-refractivity contribution is 6.36. The summed E-state index contributed by atoms with van der Waals surface area (Å²) in [6.45, 7) is 1.02. The van der Waals surface area contributed by atoms with Crippen LogP contribution in [0.3, 0.4) is 0 Å². The molecule has 0 atom stereocenters. The van der Waals surface area contributed by atoms with Crippen molar-refractivity contribution in [2.75, 3.05) is 17.7 Å². The zero-order valence-electron chi connectivity index (χ0n) is 11.4. The van der Waals surface area contributed by atoms with Crippen LogP contribution in [0.2, 0.25) is 10.0 Å². The number of carbonyl (C=O) groups excluding carboxylic acids is 2. The molecule has 0 saturated heterocycles. The van der Waals surface area contributed by atoms with Gasteiger partial charge in [-0.3, -0.25) is 4.79 Å². The summed E-state index contributed by atoms with van der Waals surface area (Å²) in [6, 6.07) is 4.58. The van der Waals surface area contributed by atoms with Gasteiger partial charge in [-0.15, -0.1) is 0 Å². The fourth-order valence-electron chi connectivity index (χ4n) is 1.62. The highest BCUT2D eigenvalue weighted by Crippen LogP contribution is 2.25. The normalized spacial score (nSPS) is 10.3. The Morgan fingerprint density at radius 1 is 1.41 bits per heavy atom. The molecule has 0 saturated carbocycles. The second-order valence-electron chi connectivity index (χ2n) is 4.26. The van der Waals surface area contributed by atoms with Crippen LogP contribution in [0.5, 0.6) is 0 Å². The second kappa shape index (κ2) is 6.67. The average Bonchev–Trinajstić information content (AvgIpc) is 2.79. The Balaban J connectivity index is 1.94. The number of carbonyl (C=O) groups is 2. The van der Waals surface area contributed by atoms with Gasteiger partial charge in [-0.2, -0.15) is 0 Å². The van der Waals surface area contributed by atoms with Gasteiger partial charge in [-0.1, -0.05) is 28.4 Å². The first kappa shape index (κ1) is 16.1. The van der Waals surface area contributed by atoms with Crippen molar-refractivity contribution in [2.24, 2.45) is 0 Å². The predicted octanol–water partition coefficient (Wildman–Crippen LogP) is 2.67. The van der Waals surface area contributed by atoms with E-state index in [4.69, 9.17) is 33.7 Å². The molecular formula is C13H11Cl2N3O4. The SMILES string of the molecule is Cc1noc(N)c1C(=O)OCC(=O)Nc1ccc(Cl)cc1Cl. The number of nitrogens with zero attached hydrogens (tertiary/aromatic N) is 1. The first-order chi connectivity index (χ1) is 10.4. The van der Waals surface area contributed by atoms with Gasteiger partial charge in [0.1, 0.15) is 5.56 Å². The van der Waals surface area contributed by atoms with E-state index in [0.717, 1.165) is 0 Å². The van der Waals surface area contributed by atoms with Crippen molar-refractivity contribution in [2.45, 2.75) is 6.92 Å². The molecule has 3 N–H and O–H groups in total. The summed E-state index contributed by atoms with van der Waals surface area (Å²) in [5.74, 6) is -1.53. The van der Waals surface area contributed by atoms with E-state index in [1.165, 1.54) is 19.1 Å². The smallest absolute Gasteiger partial charge is 0.346 e. The minimum absolute atomic E-state index is 0.00248. The molecular weight excluding hydrogens is 333 g/mol. The third-order valence-electron chi connectivity index (χ3n) is 2.63. The summed E-state index contributed by atoms with van der Waals surface area (Å²) in [4.78, 5) is 23.5. The fraction of sp³-hybridized carbons (Fsp3) is 0.154. The van der Waals surface area contributed by atoms with E-state index in [1.807, 2.05) is 0 Å². The van der Waals surface area contributed by atoms with Gasteiger partial charge < -0.3 is 20.3 Å². The van der Waals surface area contributed by atoms with Crippen LogP contribution in [0.4, 0.5) is 11.6 Å². The molecule has 22 heavy (non-hydrogen) atoms. The van der Waals surface area contributed by atoms with Gasteiger partial charge in [0.05, 0.1) is 16.4 Å². The van der Waals surface area contributed by atoms with Crippen LogP contribution in [-0.4, -0.2) is 23.6 Å². The van der Waals surface area contributed by atoms with Crippen LogP contribution < -0.4 is 11.1 Å². The summed E-state index contributed by atoms with van der Waals surface area (Å²) >= 11 is 11.7. The molecule has 1 amide bonds. The summed E-state index contributed by atoms with van der Waals surface area (Å²) < 4.78 is 9.49. The molecule has 116 valence electrons. The molecule has 2 rings (SSSR count). The molecule has 1 aromatic carbocycles. The largest absolute Gasteiger partial charge is 0.452 e. The maximum atomic E-state index is 11.8. The summed E-state index contributed by atoms with van der Waals surface area (Å²) in [5.41, 5.74) is 6.08. The number of ether oxygens (including phenoxy) is 1. The number of benzene rings is 1. The van der Waals surface area contributed by atoms with E-state index < -0.39 is 18.5 Å². The predicted molar refractivity (Wildman–Crippen MR) is 81.0 cm³/mol. The standard InChI is InChI=1S/C13H11Cl2N3O4/c1-6-11(12(16)22-18-6)13(20)21-5-10(19)17-9-3-2-7(14)4-8(9)15/h2-4H,5,16H2,1H3,(H,17,19). The number of aryl methyl sites for hydroxylation is 1. The van der Waals surface area contributed by atoms with E-state index in [9.17, 15) is 9.59 Å². The van der Waals surface area contributed by atoms with Crippen LogP contribution in [0.1, 0.15) is 16.1 Å². The van der Waals surface area contributed by atoms with Gasteiger partial charge in [0, 0.05) is 5.02 Å². The van der Waals surface area contributed by atoms with Crippen LogP contribution in [0, 0.1) is 6.92 Å². The Morgan fingerprint density at radius 3 is 2.73 bits per heavy atom. The van der Waals surface area contributed by atoms with Crippen molar-refractivity contribution in [3.05, 3.63) is 39.5 Å². The topological polar surface area (TPSA) is 107 Å². The highest BCUT2D eigenvalue weighted by Gasteiger charge is 2.21. The lowest BCUT2D eigenvalue weighted by Gasteiger charge is -2.08. The zero-order valence-corrected chi connectivity index (χ0v) is 12.9. The highest BCUT2D eigenvalue weighted by atomic mass is 35.5. The number of anilines is 2. The van der Waals surface area contributed by atoms with Crippen molar-refractivity contribution >= 4 is 46.6 Å². The molecule has 1 aromatic heterocycles. The number of halogens is 2. The number of esters is 1. The number of nitrogens with one attached hydrogen (secondary N) is 1. The van der Waals surface area contributed by atoms with Crippen LogP contribution in [0.15, 0.2) is 22.7 Å². The van der Waals surface area contributed by atoms with Crippen molar-refractivity contribution in [1.29, 1.82) is 0 Å². The van der Waals surface area contributed by atoms with Gasteiger partial charge in [0.15, 0.2) is 6.61 Å². The molecule has 0 bridgehead atoms. The lowest BCUT2D eigenvalue weighted by molar-refractivity contribution is -0.119. The number of rotatable bonds is 4. The Morgan fingerprint density at radius 2 is 2.14 bits per heavy atom. The minimum Gasteiger partial charge on any atom is -0.452 e. The van der Waals surface area contributed by atoms with E-state index >= 15 is 0 Å². The van der Waals surface area contributed by atoms with Crippen LogP contribution >= 0.6 is 23.2 Å². The van der Waals surface area contributed by atoms with E-state index in [0.29, 0.717) is 10.7 Å². The molecule has 0 unspecified atom stereocenters. The second-order valence-corrected chi connectivity index (χ2v) is 5.10. The van der Waals surface area contributed by atoms with Crippen molar-refractivity contribution in [1.82, 2.24) is 5.16 Å². The van der Waals surface area contributed by atoms with Crippen molar-refractivity contribution < 1.29 is 18.8 Å². The third kappa shape index (κ3) is 3.69. The first-order valence-electron chi connectivity index (χ1n) is 6.02. The lowest BCUT2D eigenvalue weighted by atomic mass is 10.2. The average molecular weight is 344 g/mol. The van der Waals surface area contributed by atoms with Gasteiger partial charge in [0.25, 0.3) is 5.91 Å². The third-order valence-corrected chi connectivity index (χ3v) is 3.18. The maximum absolute atomic E-state index is 11.8. The molecule has 2 aromatic rings. The van der Waals surface area contributed by atoms with Gasteiger partial charge in [-0.05, 0) is 25.1 Å². The quantitative estimate of drug-likeness (QED) is 0.826. The molecule has 7 nitrogen and oxygen atoms in total. The van der Waals surface area contributed by atoms with E-state index in [2.05, 4.69) is 15.0 Å². The molecule has 0 radical (unpaired) electrons. The monoisotopic (exact) mass is 343 g/mol. The summed E-state index contributed by atoms with van der Waals surface area (Å²) in [5, 5.41) is 6.72. The Kier molecular flexibility index (Phi) is 4.89. The number of amides is 1. The number of hydrogen-bond acceptors (Lipinski definition) is 6. The number of hydrogen-bond donors (Lipinski definition) is 2. The number of nitrogen functional groups attached to an aromatic ring is 1. The summed E-state index contributed by atoms with van der Waals surface area (Å²) in [7, 11) is 0. The van der Waals surface area contributed by atoms with Crippen LogP contribution in [-0.2, 0) is 9.53 Å². The lowest BCUT2D eigenvalue weighted by Crippen LogP contribution is -2.21. The van der Waals surface area contributed by atoms with E-state index in [1.54, 1.807) is 6.07 Å². The maximum Gasteiger partial charge on any atom is 0.346 e. The molecule has 0 aliphatic heterocycles.